The van der Waals surface area contributed by atoms with Gasteiger partial charge in [0.05, 0.1) is 12.2 Å². The number of aryl methyl sites for hydroxylation is 1. The molecule has 1 saturated heterocycles. The number of nitrogens with one attached hydrogen (secondary N) is 1. The maximum atomic E-state index is 5.93. The van der Waals surface area contributed by atoms with E-state index in [-0.39, 0.29) is 0 Å². The lowest BCUT2D eigenvalue weighted by Crippen LogP contribution is -2.26. The third-order valence-corrected chi connectivity index (χ3v) is 4.12. The molecule has 1 atom stereocenters. The molecule has 118 valence electrons. The molecule has 0 bridgehead atoms. The summed E-state index contributed by atoms with van der Waals surface area (Å²) in [4.78, 5) is 11.3. The van der Waals surface area contributed by atoms with E-state index in [0.717, 1.165) is 49.1 Å². The second-order valence-corrected chi connectivity index (χ2v) is 5.89. The topological polar surface area (TPSA) is 50.3 Å². The molecular weight excluding hydrogens is 264 g/mol. The number of hydrogen-bond acceptors (Lipinski definition) is 5. The minimum absolute atomic E-state index is 0.658. The van der Waals surface area contributed by atoms with E-state index in [2.05, 4.69) is 34.2 Å². The van der Waals surface area contributed by atoms with Gasteiger partial charge in [0.15, 0.2) is 0 Å². The summed E-state index contributed by atoms with van der Waals surface area (Å²) < 4.78 is 5.93. The van der Waals surface area contributed by atoms with Crippen LogP contribution in [0.5, 0.6) is 5.88 Å². The monoisotopic (exact) mass is 292 g/mol. The molecule has 1 aromatic heterocycles. The average molecular weight is 292 g/mol. The Morgan fingerprint density at radius 2 is 2.14 bits per heavy atom. The van der Waals surface area contributed by atoms with Crippen molar-refractivity contribution in [3.8, 4) is 5.88 Å². The molecule has 1 aliphatic rings. The van der Waals surface area contributed by atoms with Gasteiger partial charge in [0.2, 0.25) is 5.88 Å². The predicted octanol–water partition coefficient (Wildman–Crippen LogP) is 2.78. The number of rotatable bonds is 7. The Kier molecular flexibility index (Phi) is 5.79. The highest BCUT2D eigenvalue weighted by Crippen LogP contribution is 2.23. The normalized spacial score (nSPS) is 19.0. The lowest BCUT2D eigenvalue weighted by atomic mass is 10.1. The number of aromatic nitrogens is 2. The first-order valence-electron chi connectivity index (χ1n) is 8.04. The van der Waals surface area contributed by atoms with Gasteiger partial charge in [-0.2, -0.15) is 4.98 Å². The summed E-state index contributed by atoms with van der Waals surface area (Å²) in [6.45, 7) is 8.93. The van der Waals surface area contributed by atoms with Gasteiger partial charge in [-0.15, -0.1) is 0 Å². The largest absolute Gasteiger partial charge is 0.477 e. The highest BCUT2D eigenvalue weighted by molar-refractivity contribution is 5.48. The molecule has 0 aliphatic carbocycles. The van der Waals surface area contributed by atoms with Gasteiger partial charge in [0.1, 0.15) is 11.6 Å². The average Bonchev–Trinajstić information content (AvgIpc) is 2.86. The van der Waals surface area contributed by atoms with Crippen molar-refractivity contribution >= 4 is 5.82 Å². The second kappa shape index (κ2) is 7.59. The number of hydrogen-bond donors (Lipinski definition) is 1. The van der Waals surface area contributed by atoms with Gasteiger partial charge < -0.3 is 15.0 Å². The van der Waals surface area contributed by atoms with E-state index in [1.165, 1.54) is 19.4 Å². The zero-order chi connectivity index (χ0) is 15.2. The smallest absolute Gasteiger partial charge is 0.221 e. The van der Waals surface area contributed by atoms with Crippen molar-refractivity contribution in [2.45, 2.75) is 52.5 Å². The predicted molar refractivity (Wildman–Crippen MR) is 86.1 cm³/mol. The van der Waals surface area contributed by atoms with Crippen LogP contribution < -0.4 is 10.1 Å². The Labute approximate surface area is 128 Å². The zero-order valence-corrected chi connectivity index (χ0v) is 13.8. The van der Waals surface area contributed by atoms with E-state index in [9.17, 15) is 0 Å². The molecule has 0 amide bonds. The fourth-order valence-electron chi connectivity index (χ4n) is 2.79. The third kappa shape index (κ3) is 4.30. The minimum Gasteiger partial charge on any atom is -0.477 e. The standard InChI is InChI=1S/C16H28N4O/c1-5-9-17-15-12(2)16(19-13(3)18-15)21-11-8-14-7-6-10-20(14)4/h14H,5-11H2,1-4H3,(H,17,18,19). The van der Waals surface area contributed by atoms with Crippen molar-refractivity contribution in [3.05, 3.63) is 11.4 Å². The number of ether oxygens (including phenoxy) is 1. The summed E-state index contributed by atoms with van der Waals surface area (Å²) in [5.74, 6) is 2.38. The van der Waals surface area contributed by atoms with Gasteiger partial charge in [0.25, 0.3) is 0 Å². The van der Waals surface area contributed by atoms with Crippen LogP contribution in [0.1, 0.15) is 44.0 Å². The highest BCUT2D eigenvalue weighted by Gasteiger charge is 2.20. The first kappa shape index (κ1) is 16.0. The van der Waals surface area contributed by atoms with Crippen molar-refractivity contribution in [1.29, 1.82) is 0 Å². The van der Waals surface area contributed by atoms with Gasteiger partial charge in [-0.1, -0.05) is 6.92 Å². The van der Waals surface area contributed by atoms with Crippen LogP contribution in [-0.4, -0.2) is 47.7 Å². The van der Waals surface area contributed by atoms with E-state index < -0.39 is 0 Å². The summed E-state index contributed by atoms with van der Waals surface area (Å²) in [7, 11) is 2.20. The van der Waals surface area contributed by atoms with Crippen molar-refractivity contribution in [2.75, 3.05) is 32.1 Å². The summed E-state index contributed by atoms with van der Waals surface area (Å²) >= 11 is 0. The van der Waals surface area contributed by atoms with Crippen molar-refractivity contribution < 1.29 is 4.74 Å². The quantitative estimate of drug-likeness (QED) is 0.837. The summed E-state index contributed by atoms with van der Waals surface area (Å²) in [6, 6.07) is 0.658. The lowest BCUT2D eigenvalue weighted by molar-refractivity contribution is 0.227. The molecule has 2 heterocycles. The van der Waals surface area contributed by atoms with Crippen molar-refractivity contribution in [2.24, 2.45) is 0 Å². The van der Waals surface area contributed by atoms with E-state index in [0.29, 0.717) is 6.04 Å². The Morgan fingerprint density at radius 3 is 2.81 bits per heavy atom. The molecule has 1 fully saturated rings. The SMILES string of the molecule is CCCNc1nc(C)nc(OCCC2CCCN2C)c1C. The Morgan fingerprint density at radius 1 is 1.33 bits per heavy atom. The molecule has 1 aliphatic heterocycles. The van der Waals surface area contributed by atoms with Crippen molar-refractivity contribution in [3.63, 3.8) is 0 Å². The second-order valence-electron chi connectivity index (χ2n) is 5.89. The molecular formula is C16H28N4O. The van der Waals surface area contributed by atoms with Crippen LogP contribution in [0, 0.1) is 13.8 Å². The maximum absolute atomic E-state index is 5.93. The molecule has 21 heavy (non-hydrogen) atoms. The fraction of sp³-hybridized carbons (Fsp3) is 0.750. The first-order chi connectivity index (χ1) is 10.1. The lowest BCUT2D eigenvalue weighted by Gasteiger charge is -2.19. The van der Waals surface area contributed by atoms with Gasteiger partial charge >= 0.3 is 0 Å². The van der Waals surface area contributed by atoms with Gasteiger partial charge in [-0.25, -0.2) is 4.98 Å². The van der Waals surface area contributed by atoms with Crippen LogP contribution in [0.2, 0.25) is 0 Å². The first-order valence-corrected chi connectivity index (χ1v) is 8.04. The fourth-order valence-corrected chi connectivity index (χ4v) is 2.79. The van der Waals surface area contributed by atoms with Crippen LogP contribution in [0.3, 0.4) is 0 Å². The van der Waals surface area contributed by atoms with Crippen LogP contribution in [0.4, 0.5) is 5.82 Å². The van der Waals surface area contributed by atoms with Crippen LogP contribution >= 0.6 is 0 Å². The van der Waals surface area contributed by atoms with Crippen LogP contribution in [0.15, 0.2) is 0 Å². The molecule has 0 saturated carbocycles. The van der Waals surface area contributed by atoms with Gasteiger partial charge in [-0.05, 0) is 53.1 Å². The summed E-state index contributed by atoms with van der Waals surface area (Å²) in [5.41, 5.74) is 1.01. The molecule has 5 nitrogen and oxygen atoms in total. The summed E-state index contributed by atoms with van der Waals surface area (Å²) in [5, 5.41) is 3.34. The molecule has 5 heteroatoms. The van der Waals surface area contributed by atoms with E-state index in [4.69, 9.17) is 4.74 Å². The molecule has 1 unspecified atom stereocenters. The minimum atomic E-state index is 0.658. The van der Waals surface area contributed by atoms with Crippen LogP contribution in [0.25, 0.3) is 0 Å². The molecule has 0 aromatic carbocycles. The zero-order valence-electron chi connectivity index (χ0n) is 13.8. The van der Waals surface area contributed by atoms with E-state index >= 15 is 0 Å². The highest BCUT2D eigenvalue weighted by atomic mass is 16.5. The molecule has 0 radical (unpaired) electrons. The maximum Gasteiger partial charge on any atom is 0.221 e. The summed E-state index contributed by atoms with van der Waals surface area (Å²) in [6.07, 6.45) is 4.73. The molecule has 0 spiro atoms. The number of nitrogens with zero attached hydrogens (tertiary/aromatic N) is 3. The number of likely N-dealkylation sites (tertiary alicyclic amines) is 1. The molecule has 2 rings (SSSR count). The Hall–Kier alpha value is -1.36. The van der Waals surface area contributed by atoms with Crippen molar-refractivity contribution in [1.82, 2.24) is 14.9 Å². The van der Waals surface area contributed by atoms with Crippen LogP contribution in [-0.2, 0) is 0 Å². The van der Waals surface area contributed by atoms with Gasteiger partial charge in [0, 0.05) is 12.6 Å². The van der Waals surface area contributed by atoms with E-state index in [1.807, 2.05) is 13.8 Å². The third-order valence-electron chi connectivity index (χ3n) is 4.12. The Balaban J connectivity index is 1.94. The molecule has 1 aromatic rings. The Bertz CT molecular complexity index is 464. The number of anilines is 1. The molecule has 1 N–H and O–H groups in total. The van der Waals surface area contributed by atoms with E-state index in [1.54, 1.807) is 0 Å². The van der Waals surface area contributed by atoms with Gasteiger partial charge in [-0.3, -0.25) is 0 Å².